The van der Waals surface area contributed by atoms with E-state index in [4.69, 9.17) is 0 Å². The summed E-state index contributed by atoms with van der Waals surface area (Å²) in [6.07, 6.45) is -0.448. The molecule has 0 radical (unpaired) electrons. The molecule has 0 saturated carbocycles. The first-order valence-corrected chi connectivity index (χ1v) is 10.9. The Kier molecular flexibility index (Phi) is 6.62. The number of fused-ring (bicyclic) bond motifs is 1. The van der Waals surface area contributed by atoms with Gasteiger partial charge in [0, 0.05) is 50.9 Å². The summed E-state index contributed by atoms with van der Waals surface area (Å²) in [6.45, 7) is 4.47. The molecule has 1 atom stereocenters. The Labute approximate surface area is 181 Å². The number of hydrogen-bond donors (Lipinski definition) is 1. The van der Waals surface area contributed by atoms with Crippen LogP contribution in [0, 0.1) is 0 Å². The maximum absolute atomic E-state index is 12.6. The Morgan fingerprint density at radius 2 is 1.71 bits per heavy atom. The number of hydrogen-bond acceptors (Lipinski definition) is 3. The molecule has 1 N–H and O–H groups in total. The number of aryl methyl sites for hydroxylation is 1. The fourth-order valence-corrected chi connectivity index (χ4v) is 4.63. The summed E-state index contributed by atoms with van der Waals surface area (Å²) in [6, 6.07) is 13.8. The van der Waals surface area contributed by atoms with Crippen LogP contribution in [0.15, 0.2) is 48.5 Å². The van der Waals surface area contributed by atoms with E-state index in [-0.39, 0.29) is 5.91 Å². The van der Waals surface area contributed by atoms with Crippen LogP contribution in [0.1, 0.15) is 42.0 Å². The molecular weight excluding hydrogens is 403 g/mol. The predicted molar refractivity (Wildman–Crippen MR) is 115 cm³/mol. The van der Waals surface area contributed by atoms with Gasteiger partial charge in [0.25, 0.3) is 0 Å². The molecule has 1 aliphatic heterocycles. The van der Waals surface area contributed by atoms with Gasteiger partial charge in [-0.1, -0.05) is 24.3 Å². The van der Waals surface area contributed by atoms with Crippen LogP contribution >= 0.6 is 0 Å². The number of anilines is 1. The summed E-state index contributed by atoms with van der Waals surface area (Å²) < 4.78 is 37.9. The third-order valence-electron chi connectivity index (χ3n) is 6.34. The van der Waals surface area contributed by atoms with E-state index in [1.165, 1.54) is 42.5 Å². The zero-order chi connectivity index (χ0) is 21.8. The van der Waals surface area contributed by atoms with Gasteiger partial charge in [0.15, 0.2) is 0 Å². The van der Waals surface area contributed by atoms with Crippen molar-refractivity contribution in [3.05, 3.63) is 65.2 Å². The molecule has 1 heterocycles. The van der Waals surface area contributed by atoms with Crippen molar-refractivity contribution < 1.29 is 18.0 Å². The molecule has 1 fully saturated rings. The van der Waals surface area contributed by atoms with E-state index in [1.807, 2.05) is 0 Å². The lowest BCUT2D eigenvalue weighted by atomic mass is 9.86. The van der Waals surface area contributed by atoms with Gasteiger partial charge >= 0.3 is 6.18 Å². The Morgan fingerprint density at radius 3 is 2.42 bits per heavy atom. The highest BCUT2D eigenvalue weighted by Gasteiger charge is 2.30. The summed E-state index contributed by atoms with van der Waals surface area (Å²) in [5.74, 6) is -0.177. The number of amides is 1. The normalized spacial score (nSPS) is 20.3. The Balaban J connectivity index is 1.22. The van der Waals surface area contributed by atoms with Gasteiger partial charge in [-0.2, -0.15) is 13.2 Å². The van der Waals surface area contributed by atoms with Gasteiger partial charge in [0.1, 0.15) is 0 Å². The number of carbonyl (C=O) groups is 1. The smallest absolute Gasteiger partial charge is 0.326 e. The van der Waals surface area contributed by atoms with Crippen molar-refractivity contribution >= 4 is 11.6 Å². The molecule has 166 valence electrons. The first-order chi connectivity index (χ1) is 14.9. The van der Waals surface area contributed by atoms with Gasteiger partial charge < -0.3 is 10.2 Å². The molecule has 1 aliphatic carbocycles. The van der Waals surface area contributed by atoms with Gasteiger partial charge in [0.05, 0.1) is 5.56 Å². The van der Waals surface area contributed by atoms with Crippen LogP contribution in [-0.4, -0.2) is 48.4 Å². The summed E-state index contributed by atoms with van der Waals surface area (Å²) in [5, 5.41) is 2.69. The van der Waals surface area contributed by atoms with Crippen LogP contribution in [0.2, 0.25) is 0 Å². The van der Waals surface area contributed by atoms with Crippen molar-refractivity contribution in [1.82, 2.24) is 9.80 Å². The monoisotopic (exact) mass is 431 g/mol. The molecular formula is C24H28F3N3O. The highest BCUT2D eigenvalue weighted by molar-refractivity contribution is 5.90. The van der Waals surface area contributed by atoms with Gasteiger partial charge in [-0.15, -0.1) is 0 Å². The second-order valence-electron chi connectivity index (χ2n) is 8.36. The van der Waals surface area contributed by atoms with Crippen LogP contribution in [0.4, 0.5) is 18.9 Å². The third kappa shape index (κ3) is 5.46. The number of halogens is 3. The standard InChI is InChI=1S/C24H28F3N3O/c25-24(26,27)19-8-10-20(11-9-19)28-23(31)12-13-29-14-16-30(17-15-29)22-7-3-5-18-4-1-2-6-21(18)22/h1-2,4,6,8-11,22H,3,5,7,12-17H2,(H,28,31). The first-order valence-electron chi connectivity index (χ1n) is 10.9. The number of nitrogens with one attached hydrogen (secondary N) is 1. The van der Waals surface area contributed by atoms with E-state index in [1.54, 1.807) is 0 Å². The summed E-state index contributed by atoms with van der Waals surface area (Å²) in [5.41, 5.74) is 2.61. The maximum atomic E-state index is 12.6. The highest BCUT2D eigenvalue weighted by Crippen LogP contribution is 2.34. The fourth-order valence-electron chi connectivity index (χ4n) is 4.63. The van der Waals surface area contributed by atoms with E-state index < -0.39 is 11.7 Å². The topological polar surface area (TPSA) is 35.6 Å². The van der Waals surface area contributed by atoms with E-state index in [9.17, 15) is 18.0 Å². The van der Waals surface area contributed by atoms with Crippen molar-refractivity contribution in [3.8, 4) is 0 Å². The van der Waals surface area contributed by atoms with Gasteiger partial charge in [-0.05, 0) is 54.7 Å². The second kappa shape index (κ2) is 9.40. The lowest BCUT2D eigenvalue weighted by Crippen LogP contribution is -2.48. The molecule has 0 bridgehead atoms. The minimum atomic E-state index is -4.37. The lowest BCUT2D eigenvalue weighted by Gasteiger charge is -2.41. The quantitative estimate of drug-likeness (QED) is 0.744. The van der Waals surface area contributed by atoms with Gasteiger partial charge in [0.2, 0.25) is 5.91 Å². The zero-order valence-electron chi connectivity index (χ0n) is 17.5. The Hall–Kier alpha value is -2.38. The molecule has 4 nitrogen and oxygen atoms in total. The summed E-state index contributed by atoms with van der Waals surface area (Å²) >= 11 is 0. The van der Waals surface area contributed by atoms with Crippen molar-refractivity contribution in [2.24, 2.45) is 0 Å². The molecule has 1 unspecified atom stereocenters. The maximum Gasteiger partial charge on any atom is 0.416 e. The molecule has 0 aromatic heterocycles. The lowest BCUT2D eigenvalue weighted by molar-refractivity contribution is -0.137. The minimum Gasteiger partial charge on any atom is -0.326 e. The van der Waals surface area contributed by atoms with E-state index in [0.29, 0.717) is 24.7 Å². The number of nitrogens with zero attached hydrogens (tertiary/aromatic N) is 2. The number of carbonyl (C=O) groups excluding carboxylic acids is 1. The Morgan fingerprint density at radius 1 is 1.00 bits per heavy atom. The molecule has 2 aliphatic rings. The predicted octanol–water partition coefficient (Wildman–Crippen LogP) is 4.73. The van der Waals surface area contributed by atoms with Crippen LogP contribution < -0.4 is 5.32 Å². The van der Waals surface area contributed by atoms with Crippen molar-refractivity contribution in [1.29, 1.82) is 0 Å². The molecule has 2 aromatic carbocycles. The SMILES string of the molecule is O=C(CCN1CCN(C2CCCc3ccccc32)CC1)Nc1ccc(C(F)(F)F)cc1. The number of piperazine rings is 1. The number of alkyl halides is 3. The highest BCUT2D eigenvalue weighted by atomic mass is 19.4. The molecule has 7 heteroatoms. The fraction of sp³-hybridized carbons (Fsp3) is 0.458. The molecule has 4 rings (SSSR count). The molecule has 31 heavy (non-hydrogen) atoms. The van der Waals surface area contributed by atoms with Gasteiger partial charge in [-0.25, -0.2) is 0 Å². The number of benzene rings is 2. The van der Waals surface area contributed by atoms with Crippen molar-refractivity contribution in [3.63, 3.8) is 0 Å². The summed E-state index contributed by atoms with van der Waals surface area (Å²) in [7, 11) is 0. The molecule has 2 aromatic rings. The zero-order valence-corrected chi connectivity index (χ0v) is 17.5. The van der Waals surface area contributed by atoms with E-state index >= 15 is 0 Å². The average Bonchev–Trinajstić information content (AvgIpc) is 2.77. The largest absolute Gasteiger partial charge is 0.416 e. The molecule has 1 saturated heterocycles. The molecule has 0 spiro atoms. The van der Waals surface area contributed by atoms with E-state index in [2.05, 4.69) is 39.4 Å². The third-order valence-corrected chi connectivity index (χ3v) is 6.34. The van der Waals surface area contributed by atoms with Crippen LogP contribution in [0.25, 0.3) is 0 Å². The number of rotatable bonds is 5. The van der Waals surface area contributed by atoms with Crippen LogP contribution in [0.3, 0.4) is 0 Å². The van der Waals surface area contributed by atoms with Crippen molar-refractivity contribution in [2.45, 2.75) is 37.9 Å². The van der Waals surface area contributed by atoms with Gasteiger partial charge in [-0.3, -0.25) is 9.69 Å². The Bertz CT molecular complexity index is 890. The molecule has 1 amide bonds. The summed E-state index contributed by atoms with van der Waals surface area (Å²) in [4.78, 5) is 17.1. The second-order valence-corrected chi connectivity index (χ2v) is 8.36. The first kappa shape index (κ1) is 21.8. The van der Waals surface area contributed by atoms with Crippen LogP contribution in [0.5, 0.6) is 0 Å². The van der Waals surface area contributed by atoms with Crippen LogP contribution in [-0.2, 0) is 17.4 Å². The minimum absolute atomic E-state index is 0.177. The van der Waals surface area contributed by atoms with Crippen molar-refractivity contribution in [2.75, 3.05) is 38.0 Å². The van der Waals surface area contributed by atoms with E-state index in [0.717, 1.165) is 38.3 Å². The average molecular weight is 432 g/mol.